The summed E-state index contributed by atoms with van der Waals surface area (Å²) in [6, 6.07) is 0.218. The second-order valence-electron chi connectivity index (χ2n) is 6.91. The van der Waals surface area contributed by atoms with E-state index in [1.807, 2.05) is 0 Å². The molecule has 1 aliphatic rings. The van der Waals surface area contributed by atoms with Crippen molar-refractivity contribution in [3.63, 3.8) is 0 Å². The van der Waals surface area contributed by atoms with E-state index in [0.29, 0.717) is 30.4 Å². The van der Waals surface area contributed by atoms with Crippen molar-refractivity contribution in [2.24, 2.45) is 5.73 Å². The normalized spacial score (nSPS) is 23.7. The smallest absolute Gasteiger partial charge is 0.351 e. The van der Waals surface area contributed by atoms with Crippen molar-refractivity contribution >= 4 is 17.6 Å². The van der Waals surface area contributed by atoms with Gasteiger partial charge < -0.3 is 31.3 Å². The first-order valence-corrected chi connectivity index (χ1v) is 9.30. The van der Waals surface area contributed by atoms with Gasteiger partial charge in [-0.25, -0.2) is 4.79 Å². The van der Waals surface area contributed by atoms with Gasteiger partial charge in [0.05, 0.1) is 12.6 Å². The van der Waals surface area contributed by atoms with E-state index in [4.69, 9.17) is 15.6 Å². The van der Waals surface area contributed by atoms with Crippen LogP contribution in [-0.2, 0) is 14.3 Å². The van der Waals surface area contributed by atoms with Crippen molar-refractivity contribution in [1.29, 1.82) is 0 Å². The molecule has 0 radical (unpaired) electrons. The maximum absolute atomic E-state index is 14.2. The number of amides is 2. The Bertz CT molecular complexity index is 820. The van der Waals surface area contributed by atoms with E-state index in [1.54, 1.807) is 0 Å². The Hall–Kier alpha value is -2.48. The summed E-state index contributed by atoms with van der Waals surface area (Å²) < 4.78 is 33.7. The molecule has 11 nitrogen and oxygen atoms in total. The average molecular weight is 433 g/mol. The number of nitrogens with zero attached hydrogens (tertiary/aromatic N) is 2. The van der Waals surface area contributed by atoms with Crippen LogP contribution in [0.5, 0.6) is 0 Å². The fourth-order valence-electron chi connectivity index (χ4n) is 2.88. The molecular formula is C17H25F2N5O6. The van der Waals surface area contributed by atoms with Gasteiger partial charge in [-0.15, -0.1) is 0 Å². The summed E-state index contributed by atoms with van der Waals surface area (Å²) in [5, 5.41) is 23.5. The van der Waals surface area contributed by atoms with Crippen molar-refractivity contribution in [3.05, 3.63) is 22.7 Å². The van der Waals surface area contributed by atoms with Crippen LogP contribution in [0.1, 0.15) is 32.4 Å². The molecule has 13 heteroatoms. The number of hydrogen-bond acceptors (Lipinski definition) is 8. The maximum Gasteiger partial charge on any atom is 0.351 e. The van der Waals surface area contributed by atoms with Crippen LogP contribution in [0, 0.1) is 0 Å². The molecule has 1 aliphatic heterocycles. The molecule has 0 unspecified atom stereocenters. The zero-order chi connectivity index (χ0) is 22.5. The van der Waals surface area contributed by atoms with Crippen molar-refractivity contribution in [2.45, 2.75) is 56.6 Å². The highest BCUT2D eigenvalue weighted by atomic mass is 19.3. The molecule has 1 aromatic heterocycles. The summed E-state index contributed by atoms with van der Waals surface area (Å²) in [5.74, 6) is -4.78. The lowest BCUT2D eigenvalue weighted by atomic mass is 10.1. The van der Waals surface area contributed by atoms with E-state index in [2.05, 4.69) is 15.6 Å². The highest BCUT2D eigenvalue weighted by Gasteiger charge is 2.59. The van der Waals surface area contributed by atoms with Gasteiger partial charge in [-0.05, 0) is 25.3 Å². The minimum atomic E-state index is -3.83. The molecule has 168 valence electrons. The van der Waals surface area contributed by atoms with Crippen molar-refractivity contribution < 1.29 is 33.3 Å². The topological polar surface area (TPSA) is 169 Å². The van der Waals surface area contributed by atoms with Gasteiger partial charge in [0, 0.05) is 19.7 Å². The van der Waals surface area contributed by atoms with Crippen LogP contribution in [0.15, 0.2) is 17.1 Å². The number of carbonyl (C=O) groups excluding carboxylic acids is 2. The number of ether oxygens (including phenoxy) is 1. The van der Waals surface area contributed by atoms with E-state index in [-0.39, 0.29) is 11.7 Å². The van der Waals surface area contributed by atoms with E-state index >= 15 is 0 Å². The van der Waals surface area contributed by atoms with E-state index < -0.39 is 48.6 Å². The molecule has 6 N–H and O–H groups in total. The molecule has 1 saturated heterocycles. The largest absolute Gasteiger partial charge is 0.394 e. The third-order valence-electron chi connectivity index (χ3n) is 4.55. The molecule has 1 fully saturated rings. The van der Waals surface area contributed by atoms with Crippen LogP contribution in [-0.4, -0.2) is 68.9 Å². The van der Waals surface area contributed by atoms with Gasteiger partial charge in [0.25, 0.3) is 0 Å². The molecule has 0 aliphatic carbocycles. The minimum Gasteiger partial charge on any atom is -0.394 e. The fourth-order valence-corrected chi connectivity index (χ4v) is 2.88. The first kappa shape index (κ1) is 23.8. The van der Waals surface area contributed by atoms with E-state index in [1.165, 1.54) is 6.92 Å². The Morgan fingerprint density at radius 1 is 1.43 bits per heavy atom. The number of aliphatic hydroxyl groups excluding tert-OH is 2. The number of carbonyl (C=O) groups is 2. The molecule has 1 aromatic rings. The Kier molecular flexibility index (Phi) is 7.95. The Morgan fingerprint density at radius 2 is 2.13 bits per heavy atom. The number of anilines is 1. The Morgan fingerprint density at radius 3 is 2.70 bits per heavy atom. The van der Waals surface area contributed by atoms with Crippen molar-refractivity contribution in [2.75, 3.05) is 18.5 Å². The van der Waals surface area contributed by atoms with Crippen LogP contribution in [0.2, 0.25) is 0 Å². The fraction of sp³-hybridized carbons (Fsp3) is 0.647. The van der Waals surface area contributed by atoms with Gasteiger partial charge >= 0.3 is 11.6 Å². The summed E-state index contributed by atoms with van der Waals surface area (Å²) in [5.41, 5.74) is 4.63. The number of hydrogen-bond donors (Lipinski definition) is 5. The first-order chi connectivity index (χ1) is 14.1. The number of halogens is 2. The van der Waals surface area contributed by atoms with Gasteiger partial charge in [-0.3, -0.25) is 14.2 Å². The predicted molar refractivity (Wildman–Crippen MR) is 99.6 cm³/mol. The van der Waals surface area contributed by atoms with Gasteiger partial charge in [0.15, 0.2) is 6.10 Å². The molecule has 0 bridgehead atoms. The second-order valence-corrected chi connectivity index (χ2v) is 6.91. The molecule has 0 spiro atoms. The molecular weight excluding hydrogens is 408 g/mol. The third-order valence-corrected chi connectivity index (χ3v) is 4.55. The summed E-state index contributed by atoms with van der Waals surface area (Å²) >= 11 is 0. The monoisotopic (exact) mass is 433 g/mol. The standard InChI is InChI=1S/C17H25F2N5O6/c1-9(26)21-6-3-2-4-10(20)14(28)22-12-5-7-24(16(29)23-12)15-17(18,19)13(27)11(8-25)30-15/h5,7,10-11,13,15,25,27H,2-4,6,8,20H2,1H3,(H,21,26)(H,22,23,28,29)/t10-,11+,13+,15+/m0/s1. The molecule has 0 saturated carbocycles. The van der Waals surface area contributed by atoms with Gasteiger partial charge in [0.1, 0.15) is 11.9 Å². The van der Waals surface area contributed by atoms with E-state index in [9.17, 15) is 28.3 Å². The highest BCUT2D eigenvalue weighted by Crippen LogP contribution is 2.41. The molecule has 2 rings (SSSR count). The number of unbranched alkanes of at least 4 members (excludes halogenated alkanes) is 1. The van der Waals surface area contributed by atoms with Crippen LogP contribution in [0.3, 0.4) is 0 Å². The number of alkyl halides is 2. The zero-order valence-corrected chi connectivity index (χ0v) is 16.3. The third kappa shape index (κ3) is 5.56. The molecule has 0 aromatic carbocycles. The number of nitrogens with two attached hydrogens (primary N) is 1. The van der Waals surface area contributed by atoms with Crippen molar-refractivity contribution in [3.8, 4) is 0 Å². The maximum atomic E-state index is 14.2. The molecule has 30 heavy (non-hydrogen) atoms. The second kappa shape index (κ2) is 10.0. The van der Waals surface area contributed by atoms with Crippen LogP contribution < -0.4 is 22.1 Å². The predicted octanol–water partition coefficient (Wildman–Crippen LogP) is -1.30. The van der Waals surface area contributed by atoms with Crippen LogP contribution in [0.25, 0.3) is 0 Å². The highest BCUT2D eigenvalue weighted by molar-refractivity contribution is 5.93. The Balaban J connectivity index is 1.96. The number of nitrogens with one attached hydrogen (secondary N) is 2. The quantitative estimate of drug-likeness (QED) is 0.299. The lowest BCUT2D eigenvalue weighted by Crippen LogP contribution is -2.42. The summed E-state index contributed by atoms with van der Waals surface area (Å²) in [4.78, 5) is 38.5. The number of rotatable bonds is 9. The van der Waals surface area contributed by atoms with Crippen molar-refractivity contribution in [1.82, 2.24) is 14.9 Å². The molecule has 4 atom stereocenters. The SMILES string of the molecule is CC(=O)NCCCC[C@H](N)C(=O)Nc1ccn([C@@H]2O[C@H](CO)[C@@H](O)C2(F)F)c(=O)n1. The molecule has 2 amide bonds. The lowest BCUT2D eigenvalue weighted by molar-refractivity contribution is -0.141. The lowest BCUT2D eigenvalue weighted by Gasteiger charge is -2.21. The van der Waals surface area contributed by atoms with Gasteiger partial charge in [0.2, 0.25) is 18.0 Å². The van der Waals surface area contributed by atoms with Crippen LogP contribution in [0.4, 0.5) is 14.6 Å². The van der Waals surface area contributed by atoms with Crippen LogP contribution >= 0.6 is 0 Å². The minimum absolute atomic E-state index is 0.153. The first-order valence-electron chi connectivity index (χ1n) is 9.30. The summed E-state index contributed by atoms with van der Waals surface area (Å²) in [6.07, 6.45) is -3.53. The number of aromatic nitrogens is 2. The summed E-state index contributed by atoms with van der Waals surface area (Å²) in [7, 11) is 0. The summed E-state index contributed by atoms with van der Waals surface area (Å²) in [6.45, 7) is 1.00. The Labute approximate surface area is 170 Å². The zero-order valence-electron chi connectivity index (χ0n) is 16.3. The average Bonchev–Trinajstić information content (AvgIpc) is 2.90. The van der Waals surface area contributed by atoms with E-state index in [0.717, 1.165) is 12.3 Å². The molecule has 2 heterocycles. The van der Waals surface area contributed by atoms with Gasteiger partial charge in [-0.2, -0.15) is 13.8 Å². The number of aliphatic hydroxyl groups is 2. The van der Waals surface area contributed by atoms with Gasteiger partial charge in [-0.1, -0.05) is 0 Å².